The number of nitrogens with one attached hydrogen (secondary N) is 1. The van der Waals surface area contributed by atoms with Gasteiger partial charge in [0.25, 0.3) is 11.6 Å². The lowest BCUT2D eigenvalue weighted by atomic mass is 9.91. The van der Waals surface area contributed by atoms with E-state index >= 15 is 0 Å². The fourth-order valence-electron chi connectivity index (χ4n) is 2.94. The van der Waals surface area contributed by atoms with Crippen LogP contribution in [0, 0.1) is 21.4 Å². The van der Waals surface area contributed by atoms with E-state index in [4.69, 9.17) is 10.00 Å². The molecule has 2 aromatic carbocycles. The highest BCUT2D eigenvalue weighted by atomic mass is 16.6. The molecule has 0 aliphatic carbocycles. The van der Waals surface area contributed by atoms with Crippen LogP contribution in [-0.4, -0.2) is 34.9 Å². The van der Waals surface area contributed by atoms with Crippen molar-refractivity contribution in [1.82, 2.24) is 10.2 Å². The third kappa shape index (κ3) is 3.48. The van der Waals surface area contributed by atoms with Gasteiger partial charge in [-0.25, -0.2) is 4.79 Å². The summed E-state index contributed by atoms with van der Waals surface area (Å²) in [7, 11) is 0. The van der Waals surface area contributed by atoms with Gasteiger partial charge in [-0.15, -0.1) is 0 Å². The zero-order valence-electron chi connectivity index (χ0n) is 14.9. The number of urea groups is 1. The molecule has 1 heterocycles. The van der Waals surface area contributed by atoms with Crippen LogP contribution in [0.4, 0.5) is 10.5 Å². The van der Waals surface area contributed by atoms with E-state index in [0.29, 0.717) is 16.9 Å². The number of non-ortho nitro benzene ring substituents is 1. The van der Waals surface area contributed by atoms with Crippen molar-refractivity contribution < 1.29 is 19.2 Å². The van der Waals surface area contributed by atoms with Crippen LogP contribution in [0.1, 0.15) is 18.1 Å². The first-order valence-corrected chi connectivity index (χ1v) is 8.37. The molecular formula is C19H16N4O5. The van der Waals surface area contributed by atoms with Gasteiger partial charge < -0.3 is 10.1 Å². The van der Waals surface area contributed by atoms with Crippen LogP contribution < -0.4 is 10.1 Å². The third-order valence-electron chi connectivity index (χ3n) is 4.46. The Balaban J connectivity index is 1.71. The summed E-state index contributed by atoms with van der Waals surface area (Å²) in [4.78, 5) is 36.6. The van der Waals surface area contributed by atoms with Gasteiger partial charge in [-0.05, 0) is 30.7 Å². The van der Waals surface area contributed by atoms with Crippen LogP contribution in [0.5, 0.6) is 5.75 Å². The molecule has 1 N–H and O–H groups in total. The molecule has 9 heteroatoms. The van der Waals surface area contributed by atoms with E-state index in [1.165, 1.54) is 25.1 Å². The molecule has 1 aliphatic rings. The largest absolute Gasteiger partial charge is 0.492 e. The Kier molecular flexibility index (Phi) is 4.96. The molecule has 0 radical (unpaired) electrons. The Morgan fingerprint density at radius 3 is 2.71 bits per heavy atom. The fourth-order valence-corrected chi connectivity index (χ4v) is 2.94. The lowest BCUT2D eigenvalue weighted by molar-refractivity contribution is -0.385. The van der Waals surface area contributed by atoms with Crippen LogP contribution in [0.15, 0.2) is 48.5 Å². The topological polar surface area (TPSA) is 126 Å². The molecule has 142 valence electrons. The van der Waals surface area contributed by atoms with Crippen molar-refractivity contribution in [2.24, 2.45) is 0 Å². The molecule has 0 bridgehead atoms. The van der Waals surface area contributed by atoms with Crippen molar-refractivity contribution in [2.45, 2.75) is 12.5 Å². The van der Waals surface area contributed by atoms with Crippen LogP contribution in [0.3, 0.4) is 0 Å². The molecule has 1 atom stereocenters. The smallest absolute Gasteiger partial charge is 0.325 e. The minimum Gasteiger partial charge on any atom is -0.492 e. The van der Waals surface area contributed by atoms with Gasteiger partial charge in [0.05, 0.1) is 23.1 Å². The minimum absolute atomic E-state index is 0.00797. The predicted molar refractivity (Wildman–Crippen MR) is 97.3 cm³/mol. The van der Waals surface area contributed by atoms with Gasteiger partial charge in [0, 0.05) is 12.1 Å². The Morgan fingerprint density at radius 2 is 2.00 bits per heavy atom. The third-order valence-corrected chi connectivity index (χ3v) is 4.46. The number of imide groups is 1. The summed E-state index contributed by atoms with van der Waals surface area (Å²) in [5.41, 5.74) is -0.806. The first kappa shape index (κ1) is 18.8. The number of nitriles is 1. The van der Waals surface area contributed by atoms with Crippen LogP contribution in [0.25, 0.3) is 0 Å². The van der Waals surface area contributed by atoms with E-state index in [9.17, 15) is 19.7 Å². The quantitative estimate of drug-likeness (QED) is 0.466. The summed E-state index contributed by atoms with van der Waals surface area (Å²) in [5, 5.41) is 22.5. The summed E-state index contributed by atoms with van der Waals surface area (Å²) in [6.45, 7) is 1.54. The molecule has 9 nitrogen and oxygen atoms in total. The number of hydrogen-bond donors (Lipinski definition) is 1. The standard InChI is InChI=1S/C19H16N4O5/c1-19(14-5-3-6-15(11-14)23(26)27)17(24)22(18(25)21-19)8-9-28-16-7-2-4-13(10-16)12-20/h2-7,10-11H,8-9H2,1H3,(H,21,25)/t19-/m0/s1. The number of nitro benzene ring substituents is 1. The van der Waals surface area contributed by atoms with E-state index in [1.54, 1.807) is 30.3 Å². The van der Waals surface area contributed by atoms with Gasteiger partial charge >= 0.3 is 6.03 Å². The number of ether oxygens (including phenoxy) is 1. The molecule has 2 aromatic rings. The first-order chi connectivity index (χ1) is 13.3. The zero-order chi connectivity index (χ0) is 20.3. The molecule has 3 rings (SSSR count). The summed E-state index contributed by atoms with van der Waals surface area (Å²) < 4.78 is 5.52. The molecule has 0 aromatic heterocycles. The molecule has 0 spiro atoms. The lowest BCUT2D eigenvalue weighted by Crippen LogP contribution is -2.41. The number of nitro groups is 1. The summed E-state index contributed by atoms with van der Waals surface area (Å²) in [6, 6.07) is 13.5. The molecule has 1 aliphatic heterocycles. The Morgan fingerprint density at radius 1 is 1.25 bits per heavy atom. The van der Waals surface area contributed by atoms with E-state index in [0.717, 1.165) is 4.90 Å². The second-order valence-corrected chi connectivity index (χ2v) is 6.31. The Hall–Kier alpha value is -3.93. The average Bonchev–Trinajstić information content (AvgIpc) is 2.92. The van der Waals surface area contributed by atoms with Gasteiger partial charge in [-0.1, -0.05) is 18.2 Å². The summed E-state index contributed by atoms with van der Waals surface area (Å²) >= 11 is 0. The summed E-state index contributed by atoms with van der Waals surface area (Å²) in [6.07, 6.45) is 0. The molecule has 0 saturated carbocycles. The number of benzene rings is 2. The molecule has 1 fully saturated rings. The first-order valence-electron chi connectivity index (χ1n) is 8.37. The number of amides is 3. The number of nitrogens with zero attached hydrogens (tertiary/aromatic N) is 3. The van der Waals surface area contributed by atoms with Gasteiger partial charge in [-0.2, -0.15) is 5.26 Å². The van der Waals surface area contributed by atoms with Crippen molar-refractivity contribution in [2.75, 3.05) is 13.2 Å². The average molecular weight is 380 g/mol. The van der Waals surface area contributed by atoms with Crippen molar-refractivity contribution in [3.8, 4) is 11.8 Å². The highest BCUT2D eigenvalue weighted by molar-refractivity contribution is 6.07. The SMILES string of the molecule is C[C@@]1(c2cccc([N+](=O)[O-])c2)NC(=O)N(CCOc2cccc(C#N)c2)C1=O. The van der Waals surface area contributed by atoms with Gasteiger partial charge in [0.15, 0.2) is 0 Å². The molecular weight excluding hydrogens is 364 g/mol. The zero-order valence-corrected chi connectivity index (χ0v) is 14.9. The fraction of sp³-hybridized carbons (Fsp3) is 0.211. The van der Waals surface area contributed by atoms with Crippen LogP contribution >= 0.6 is 0 Å². The highest BCUT2D eigenvalue weighted by Crippen LogP contribution is 2.30. The maximum atomic E-state index is 12.8. The monoisotopic (exact) mass is 380 g/mol. The van der Waals surface area contributed by atoms with E-state index < -0.39 is 22.4 Å². The normalized spacial score (nSPS) is 18.5. The highest BCUT2D eigenvalue weighted by Gasteiger charge is 2.49. The maximum Gasteiger partial charge on any atom is 0.325 e. The van der Waals surface area contributed by atoms with Gasteiger partial charge in [-0.3, -0.25) is 19.8 Å². The second kappa shape index (κ2) is 7.36. The number of carbonyl (C=O) groups excluding carboxylic acids is 2. The Bertz CT molecular complexity index is 1000. The van der Waals surface area contributed by atoms with Crippen LogP contribution in [0.2, 0.25) is 0 Å². The lowest BCUT2D eigenvalue weighted by Gasteiger charge is -2.22. The van der Waals surface area contributed by atoms with E-state index in [2.05, 4.69) is 5.32 Å². The number of hydrogen-bond acceptors (Lipinski definition) is 6. The number of carbonyl (C=O) groups is 2. The van der Waals surface area contributed by atoms with Crippen molar-refractivity contribution >= 4 is 17.6 Å². The predicted octanol–water partition coefficient (Wildman–Crippen LogP) is 2.31. The van der Waals surface area contributed by atoms with E-state index in [-0.39, 0.29) is 18.8 Å². The molecule has 3 amide bonds. The van der Waals surface area contributed by atoms with Crippen molar-refractivity contribution in [3.63, 3.8) is 0 Å². The minimum atomic E-state index is -1.40. The van der Waals surface area contributed by atoms with Crippen LogP contribution in [-0.2, 0) is 10.3 Å². The molecule has 1 saturated heterocycles. The summed E-state index contributed by atoms with van der Waals surface area (Å²) in [5.74, 6) is -0.0695. The van der Waals surface area contributed by atoms with E-state index in [1.807, 2.05) is 6.07 Å². The van der Waals surface area contributed by atoms with Gasteiger partial charge in [0.1, 0.15) is 17.9 Å². The maximum absolute atomic E-state index is 12.8. The second-order valence-electron chi connectivity index (χ2n) is 6.31. The molecule has 28 heavy (non-hydrogen) atoms. The van der Waals surface area contributed by atoms with Gasteiger partial charge in [0.2, 0.25) is 0 Å². The molecule has 0 unspecified atom stereocenters. The Labute approximate surface area is 160 Å². The van der Waals surface area contributed by atoms with Crippen molar-refractivity contribution in [3.05, 3.63) is 69.8 Å². The number of rotatable bonds is 6. The van der Waals surface area contributed by atoms with Crippen molar-refractivity contribution in [1.29, 1.82) is 5.26 Å².